The molecule has 112 valence electrons. The second-order valence-electron chi connectivity index (χ2n) is 5.45. The Kier molecular flexibility index (Phi) is 4.04. The summed E-state index contributed by atoms with van der Waals surface area (Å²) in [6.45, 7) is 0. The lowest BCUT2D eigenvalue weighted by Crippen LogP contribution is -2.42. The third kappa shape index (κ3) is 3.29. The van der Waals surface area contributed by atoms with Crippen molar-refractivity contribution in [3.63, 3.8) is 0 Å². The number of hydrogen-bond donors (Lipinski definition) is 1. The fraction of sp³-hybridized carbons (Fsp3) is 0.571. The third-order valence-electron chi connectivity index (χ3n) is 3.84. The average molecular weight is 294 g/mol. The van der Waals surface area contributed by atoms with Crippen LogP contribution in [0.4, 0.5) is 22.0 Å². The Hall–Kier alpha value is -1.17. The Morgan fingerprint density at radius 1 is 1.25 bits per heavy atom. The molecule has 0 heterocycles. The van der Waals surface area contributed by atoms with Crippen LogP contribution in [0.25, 0.3) is 0 Å². The highest BCUT2D eigenvalue weighted by atomic mass is 19.4. The van der Waals surface area contributed by atoms with Crippen LogP contribution in [0.1, 0.15) is 31.2 Å². The van der Waals surface area contributed by atoms with E-state index < -0.39 is 35.8 Å². The summed E-state index contributed by atoms with van der Waals surface area (Å²) in [6, 6.07) is 3.50. The maximum Gasteiger partial charge on any atom is 0.391 e. The summed E-state index contributed by atoms with van der Waals surface area (Å²) in [5.41, 5.74) is -1.72. The minimum atomic E-state index is -4.37. The van der Waals surface area contributed by atoms with Crippen LogP contribution in [-0.2, 0) is 6.42 Å². The molecule has 0 saturated heterocycles. The standard InChI is InChI=1S/C14H15F5O/c15-11-5-1-3-9(12(11)16)7-13(20)6-2-4-10(8-13)14(17,18)19/h1,3,5,10,20H,2,4,6-8H2. The van der Waals surface area contributed by atoms with Crippen molar-refractivity contribution in [3.8, 4) is 0 Å². The van der Waals surface area contributed by atoms with Crippen LogP contribution in [0.15, 0.2) is 18.2 Å². The zero-order chi connectivity index (χ0) is 15.0. The van der Waals surface area contributed by atoms with E-state index in [-0.39, 0.29) is 31.2 Å². The van der Waals surface area contributed by atoms with Gasteiger partial charge in [0.1, 0.15) is 0 Å². The molecule has 1 aliphatic rings. The highest BCUT2D eigenvalue weighted by molar-refractivity contribution is 5.21. The molecule has 0 bridgehead atoms. The maximum absolute atomic E-state index is 13.5. The van der Waals surface area contributed by atoms with Gasteiger partial charge in [-0.05, 0) is 37.3 Å². The average Bonchev–Trinajstić information content (AvgIpc) is 2.34. The van der Waals surface area contributed by atoms with E-state index in [2.05, 4.69) is 0 Å². The van der Waals surface area contributed by atoms with Gasteiger partial charge in [0.05, 0.1) is 11.5 Å². The van der Waals surface area contributed by atoms with Gasteiger partial charge < -0.3 is 5.11 Å². The zero-order valence-corrected chi connectivity index (χ0v) is 10.7. The predicted molar refractivity (Wildman–Crippen MR) is 63.0 cm³/mol. The van der Waals surface area contributed by atoms with Gasteiger partial charge in [0.2, 0.25) is 0 Å². The molecule has 0 aromatic heterocycles. The van der Waals surface area contributed by atoms with Gasteiger partial charge in [-0.25, -0.2) is 8.78 Å². The van der Waals surface area contributed by atoms with Crippen LogP contribution in [-0.4, -0.2) is 16.9 Å². The number of benzene rings is 1. The molecule has 2 unspecified atom stereocenters. The minimum absolute atomic E-state index is 0.0303. The fourth-order valence-corrected chi connectivity index (χ4v) is 2.82. The molecule has 1 nitrogen and oxygen atoms in total. The van der Waals surface area contributed by atoms with E-state index in [0.717, 1.165) is 6.07 Å². The Bertz CT molecular complexity index is 485. The van der Waals surface area contributed by atoms with Crippen LogP contribution >= 0.6 is 0 Å². The molecule has 2 rings (SSSR count). The molecule has 1 aromatic rings. The van der Waals surface area contributed by atoms with Crippen LogP contribution in [0, 0.1) is 17.6 Å². The van der Waals surface area contributed by atoms with E-state index in [4.69, 9.17) is 0 Å². The number of alkyl halides is 3. The largest absolute Gasteiger partial charge is 0.391 e. The van der Waals surface area contributed by atoms with Gasteiger partial charge in [0, 0.05) is 6.42 Å². The Balaban J connectivity index is 2.17. The van der Waals surface area contributed by atoms with Gasteiger partial charge in [-0.3, -0.25) is 0 Å². The van der Waals surface area contributed by atoms with Gasteiger partial charge in [0.15, 0.2) is 11.6 Å². The highest BCUT2D eigenvalue weighted by Gasteiger charge is 2.47. The molecule has 6 heteroatoms. The second-order valence-corrected chi connectivity index (χ2v) is 5.45. The summed E-state index contributed by atoms with van der Waals surface area (Å²) in [4.78, 5) is 0. The topological polar surface area (TPSA) is 20.2 Å². The van der Waals surface area contributed by atoms with E-state index in [0.29, 0.717) is 0 Å². The van der Waals surface area contributed by atoms with E-state index >= 15 is 0 Å². The van der Waals surface area contributed by atoms with Crippen LogP contribution in [0.2, 0.25) is 0 Å². The number of rotatable bonds is 2. The molecule has 0 amide bonds. The molecule has 1 N–H and O–H groups in total. The molecule has 1 aliphatic carbocycles. The van der Waals surface area contributed by atoms with Gasteiger partial charge >= 0.3 is 6.18 Å². The molecular formula is C14H15F5O. The minimum Gasteiger partial charge on any atom is -0.390 e. The molecule has 2 atom stereocenters. The van der Waals surface area contributed by atoms with Gasteiger partial charge in [-0.2, -0.15) is 13.2 Å². The van der Waals surface area contributed by atoms with Crippen molar-refractivity contribution in [1.82, 2.24) is 0 Å². The predicted octanol–water partition coefficient (Wildman–Crippen LogP) is 3.99. The normalized spacial score (nSPS) is 27.6. The van der Waals surface area contributed by atoms with Gasteiger partial charge in [-0.1, -0.05) is 12.1 Å². The lowest BCUT2D eigenvalue weighted by atomic mass is 9.75. The lowest BCUT2D eigenvalue weighted by Gasteiger charge is -2.37. The van der Waals surface area contributed by atoms with Crippen molar-refractivity contribution in [2.75, 3.05) is 0 Å². The van der Waals surface area contributed by atoms with Crippen LogP contribution in [0.3, 0.4) is 0 Å². The third-order valence-corrected chi connectivity index (χ3v) is 3.84. The Morgan fingerprint density at radius 2 is 1.95 bits per heavy atom. The molecule has 0 aliphatic heterocycles. The zero-order valence-electron chi connectivity index (χ0n) is 10.7. The first-order valence-electron chi connectivity index (χ1n) is 6.43. The number of halogens is 5. The van der Waals surface area contributed by atoms with E-state index in [1.54, 1.807) is 0 Å². The summed E-state index contributed by atoms with van der Waals surface area (Å²) in [7, 11) is 0. The van der Waals surface area contributed by atoms with E-state index in [9.17, 15) is 27.1 Å². The Morgan fingerprint density at radius 3 is 2.60 bits per heavy atom. The van der Waals surface area contributed by atoms with Gasteiger partial charge in [-0.15, -0.1) is 0 Å². The molecule has 0 radical (unpaired) electrons. The highest BCUT2D eigenvalue weighted by Crippen LogP contribution is 2.43. The van der Waals surface area contributed by atoms with Crippen molar-refractivity contribution in [3.05, 3.63) is 35.4 Å². The SMILES string of the molecule is OC1(Cc2cccc(F)c2F)CCCC(C(F)(F)F)C1. The summed E-state index contributed by atoms with van der Waals surface area (Å²) in [5, 5.41) is 10.3. The summed E-state index contributed by atoms with van der Waals surface area (Å²) in [5.74, 6) is -3.75. The maximum atomic E-state index is 13.5. The number of hydrogen-bond acceptors (Lipinski definition) is 1. The molecule has 0 spiro atoms. The first-order valence-corrected chi connectivity index (χ1v) is 6.43. The van der Waals surface area contributed by atoms with Crippen LogP contribution in [0.5, 0.6) is 0 Å². The Labute approximate surface area is 113 Å². The molecule has 1 aromatic carbocycles. The first kappa shape index (κ1) is 15.2. The smallest absolute Gasteiger partial charge is 0.390 e. The monoisotopic (exact) mass is 294 g/mol. The van der Waals surface area contributed by atoms with Gasteiger partial charge in [0.25, 0.3) is 0 Å². The quantitative estimate of drug-likeness (QED) is 0.818. The lowest BCUT2D eigenvalue weighted by molar-refractivity contribution is -0.200. The summed E-state index contributed by atoms with van der Waals surface area (Å²) < 4.78 is 64.8. The van der Waals surface area contributed by atoms with Crippen molar-refractivity contribution < 1.29 is 27.1 Å². The molecule has 1 saturated carbocycles. The van der Waals surface area contributed by atoms with Crippen molar-refractivity contribution in [1.29, 1.82) is 0 Å². The fourth-order valence-electron chi connectivity index (χ4n) is 2.82. The molecular weight excluding hydrogens is 279 g/mol. The molecule has 20 heavy (non-hydrogen) atoms. The number of aliphatic hydroxyl groups is 1. The van der Waals surface area contributed by atoms with E-state index in [1.165, 1.54) is 12.1 Å². The van der Waals surface area contributed by atoms with Crippen molar-refractivity contribution >= 4 is 0 Å². The van der Waals surface area contributed by atoms with Crippen molar-refractivity contribution in [2.24, 2.45) is 5.92 Å². The summed E-state index contributed by atoms with van der Waals surface area (Å²) in [6.07, 6.45) is -4.78. The second kappa shape index (κ2) is 5.31. The van der Waals surface area contributed by atoms with E-state index in [1.807, 2.05) is 0 Å². The summed E-state index contributed by atoms with van der Waals surface area (Å²) >= 11 is 0. The first-order chi connectivity index (χ1) is 9.21. The van der Waals surface area contributed by atoms with Crippen LogP contribution < -0.4 is 0 Å². The van der Waals surface area contributed by atoms with Crippen molar-refractivity contribution in [2.45, 2.75) is 43.9 Å². The molecule has 1 fully saturated rings.